The van der Waals surface area contributed by atoms with Gasteiger partial charge in [-0.3, -0.25) is 0 Å². The first-order chi connectivity index (χ1) is 7.58. The van der Waals surface area contributed by atoms with Gasteiger partial charge in [0.2, 0.25) is 0 Å². The van der Waals surface area contributed by atoms with E-state index < -0.39 is 6.08 Å². The number of hydrogen-bond donors (Lipinski definition) is 0. The Hall–Kier alpha value is -1.96. The van der Waals surface area contributed by atoms with E-state index in [1.165, 1.54) is 5.56 Å². The van der Waals surface area contributed by atoms with Crippen molar-refractivity contribution in [2.75, 3.05) is 0 Å². The van der Waals surface area contributed by atoms with Gasteiger partial charge in [0.25, 0.3) is 6.08 Å². The molecular formula is C14H16F2. The second kappa shape index (κ2) is 13.0. The average molecular weight is 222 g/mol. The molecule has 86 valence electrons. The van der Waals surface area contributed by atoms with Gasteiger partial charge in [-0.05, 0) is 12.1 Å². The van der Waals surface area contributed by atoms with Crippen molar-refractivity contribution in [2.45, 2.75) is 0 Å². The molecule has 0 saturated carbocycles. The maximum Gasteiger partial charge on any atom is 0.263 e. The van der Waals surface area contributed by atoms with E-state index in [2.05, 4.69) is 26.3 Å². The largest absolute Gasteiger partial charge is 0.263 e. The van der Waals surface area contributed by atoms with Crippen molar-refractivity contribution in [3.05, 3.63) is 80.4 Å². The topological polar surface area (TPSA) is 0 Å². The molecule has 0 amide bonds. The minimum Gasteiger partial charge on any atom is -0.174 e. The van der Waals surface area contributed by atoms with Crippen molar-refractivity contribution in [1.29, 1.82) is 0 Å². The van der Waals surface area contributed by atoms with Crippen LogP contribution >= 0.6 is 0 Å². The van der Waals surface area contributed by atoms with Gasteiger partial charge in [-0.2, -0.15) is 8.78 Å². The van der Waals surface area contributed by atoms with Crippen LogP contribution in [0.1, 0.15) is 5.56 Å². The second-order valence-corrected chi connectivity index (χ2v) is 2.42. The van der Waals surface area contributed by atoms with E-state index >= 15 is 0 Å². The molecule has 0 bridgehead atoms. The number of rotatable bonds is 2. The second-order valence-electron chi connectivity index (χ2n) is 2.42. The number of allylic oxidation sites excluding steroid dienone is 2. The molecule has 0 heterocycles. The van der Waals surface area contributed by atoms with Crippen LogP contribution in [0.3, 0.4) is 0 Å². The standard InChI is InChI=1S/C8H8.C4H6.C2H2F2/c1-2-8-6-4-3-5-7-8;1-3-4-2;1-2(3)4/h2-7H,1H2;3-4H,1-2H2;1H2. The van der Waals surface area contributed by atoms with E-state index in [1.807, 2.05) is 36.4 Å². The molecule has 1 aromatic rings. The molecular weight excluding hydrogens is 206 g/mol. The fourth-order valence-corrected chi connectivity index (χ4v) is 0.589. The molecule has 1 rings (SSSR count). The highest BCUT2D eigenvalue weighted by molar-refractivity contribution is 5.45. The molecule has 0 atom stereocenters. The lowest BCUT2D eigenvalue weighted by Crippen LogP contribution is -1.63. The molecule has 0 unspecified atom stereocenters. The van der Waals surface area contributed by atoms with Gasteiger partial charge < -0.3 is 0 Å². The minimum absolute atomic E-state index is 1.17. The van der Waals surface area contributed by atoms with Gasteiger partial charge in [0, 0.05) is 0 Å². The molecule has 0 aliphatic rings. The summed E-state index contributed by atoms with van der Waals surface area (Å²) in [6, 6.07) is 10.0. The third-order valence-electron chi connectivity index (χ3n) is 1.20. The minimum atomic E-state index is -1.83. The van der Waals surface area contributed by atoms with Crippen molar-refractivity contribution in [2.24, 2.45) is 0 Å². The van der Waals surface area contributed by atoms with Crippen LogP contribution in [-0.2, 0) is 0 Å². The van der Waals surface area contributed by atoms with E-state index in [1.54, 1.807) is 12.2 Å². The van der Waals surface area contributed by atoms with Crippen LogP contribution in [0, 0.1) is 0 Å². The van der Waals surface area contributed by atoms with Gasteiger partial charge in [-0.15, -0.1) is 0 Å². The van der Waals surface area contributed by atoms with E-state index in [-0.39, 0.29) is 0 Å². The molecule has 0 radical (unpaired) electrons. The van der Waals surface area contributed by atoms with Gasteiger partial charge in [0.15, 0.2) is 0 Å². The molecule has 0 fully saturated rings. The molecule has 16 heavy (non-hydrogen) atoms. The van der Waals surface area contributed by atoms with E-state index in [0.29, 0.717) is 0 Å². The Kier molecular flexibility index (Phi) is 13.4. The average Bonchev–Trinajstić information content (AvgIpc) is 2.30. The van der Waals surface area contributed by atoms with Crippen LogP contribution in [0.15, 0.2) is 74.9 Å². The molecule has 0 aromatic heterocycles. The first-order valence-corrected chi connectivity index (χ1v) is 4.49. The predicted octanol–water partition coefficient (Wildman–Crippen LogP) is 5.08. The van der Waals surface area contributed by atoms with Crippen molar-refractivity contribution in [3.63, 3.8) is 0 Å². The third kappa shape index (κ3) is 18.0. The Morgan fingerprint density at radius 2 is 1.31 bits per heavy atom. The first-order valence-electron chi connectivity index (χ1n) is 4.49. The third-order valence-corrected chi connectivity index (χ3v) is 1.20. The zero-order valence-corrected chi connectivity index (χ0v) is 9.20. The summed E-state index contributed by atoms with van der Waals surface area (Å²) in [5.41, 5.74) is 1.17. The van der Waals surface area contributed by atoms with Gasteiger partial charge in [0.1, 0.15) is 0 Å². The summed E-state index contributed by atoms with van der Waals surface area (Å²) in [4.78, 5) is 0. The zero-order valence-electron chi connectivity index (χ0n) is 9.20. The van der Waals surface area contributed by atoms with Crippen LogP contribution in [0.2, 0.25) is 0 Å². The Bertz CT molecular complexity index is 303. The summed E-state index contributed by atoms with van der Waals surface area (Å²) in [6.07, 6.45) is 3.28. The molecule has 0 N–H and O–H groups in total. The molecule has 2 heteroatoms. The van der Waals surface area contributed by atoms with Gasteiger partial charge in [0.05, 0.1) is 0 Å². The highest BCUT2D eigenvalue weighted by Gasteiger charge is 1.75. The van der Waals surface area contributed by atoms with Crippen molar-refractivity contribution < 1.29 is 8.78 Å². The fourth-order valence-electron chi connectivity index (χ4n) is 0.589. The maximum atomic E-state index is 10.1. The predicted molar refractivity (Wildman–Crippen MR) is 68.3 cm³/mol. The van der Waals surface area contributed by atoms with E-state index in [4.69, 9.17) is 0 Å². The lowest BCUT2D eigenvalue weighted by Gasteiger charge is -1.85. The van der Waals surface area contributed by atoms with Crippen molar-refractivity contribution in [1.82, 2.24) is 0 Å². The Balaban J connectivity index is 0. The summed E-state index contributed by atoms with van der Waals surface area (Å²) in [7, 11) is 0. The van der Waals surface area contributed by atoms with E-state index in [9.17, 15) is 8.78 Å². The molecule has 1 aromatic carbocycles. The van der Waals surface area contributed by atoms with Crippen molar-refractivity contribution >= 4 is 6.08 Å². The van der Waals surface area contributed by atoms with Crippen molar-refractivity contribution in [3.8, 4) is 0 Å². The number of benzene rings is 1. The maximum absolute atomic E-state index is 10.1. The summed E-state index contributed by atoms with van der Waals surface area (Å²) >= 11 is 0. The quantitative estimate of drug-likeness (QED) is 0.612. The summed E-state index contributed by atoms with van der Waals surface area (Å²) in [5, 5.41) is 0. The molecule has 0 saturated heterocycles. The number of hydrogen-bond acceptors (Lipinski definition) is 0. The monoisotopic (exact) mass is 222 g/mol. The van der Waals surface area contributed by atoms with E-state index in [0.717, 1.165) is 0 Å². The Labute approximate surface area is 95.9 Å². The van der Waals surface area contributed by atoms with Gasteiger partial charge in [-0.25, -0.2) is 0 Å². The van der Waals surface area contributed by atoms with Gasteiger partial charge in [-0.1, -0.05) is 68.3 Å². The fraction of sp³-hybridized carbons (Fsp3) is 0. The number of halogens is 2. The molecule has 0 aliphatic heterocycles. The molecule has 0 spiro atoms. The van der Waals surface area contributed by atoms with Crippen LogP contribution in [0.25, 0.3) is 6.08 Å². The molecule has 0 aliphatic carbocycles. The SMILES string of the molecule is C=C(F)F.C=CC=C.C=Cc1ccccc1. The van der Waals surface area contributed by atoms with Crippen LogP contribution in [0.4, 0.5) is 8.78 Å². The molecule has 0 nitrogen and oxygen atoms in total. The Morgan fingerprint density at radius 3 is 1.50 bits per heavy atom. The summed E-state index contributed by atoms with van der Waals surface area (Å²) < 4.78 is 20.3. The smallest absolute Gasteiger partial charge is 0.174 e. The lowest BCUT2D eigenvalue weighted by atomic mass is 10.2. The van der Waals surface area contributed by atoms with Crippen LogP contribution in [-0.4, -0.2) is 0 Å². The first kappa shape index (κ1) is 16.5. The summed E-state index contributed by atoms with van der Waals surface area (Å²) in [5.74, 6) is 0. The van der Waals surface area contributed by atoms with Crippen LogP contribution in [0.5, 0.6) is 0 Å². The zero-order chi connectivity index (χ0) is 12.8. The van der Waals surface area contributed by atoms with Crippen LogP contribution < -0.4 is 0 Å². The normalized spacial score (nSPS) is 7.12. The Morgan fingerprint density at radius 1 is 0.938 bits per heavy atom. The highest BCUT2D eigenvalue weighted by atomic mass is 19.3. The summed E-state index contributed by atoms with van der Waals surface area (Å²) in [6.45, 7) is 12.6. The highest BCUT2D eigenvalue weighted by Crippen LogP contribution is 1.97. The lowest BCUT2D eigenvalue weighted by molar-refractivity contribution is 0.426. The van der Waals surface area contributed by atoms with Gasteiger partial charge >= 0.3 is 0 Å².